The monoisotopic (exact) mass is 493 g/mol. The second kappa shape index (κ2) is 9.36. The number of esters is 2. The fourth-order valence-corrected chi connectivity index (χ4v) is 3.84. The van der Waals surface area contributed by atoms with Gasteiger partial charge in [-0.25, -0.2) is 9.79 Å². The summed E-state index contributed by atoms with van der Waals surface area (Å²) in [6.45, 7) is 1.90. The highest BCUT2D eigenvalue weighted by molar-refractivity contribution is 9.10. The molecule has 0 amide bonds. The number of aliphatic imine (C=N–C) groups is 1. The molecule has 162 valence electrons. The van der Waals surface area contributed by atoms with Crippen molar-refractivity contribution >= 4 is 50.6 Å². The number of cyclic esters (lactones) is 1. The van der Waals surface area contributed by atoms with Crippen LogP contribution in [-0.4, -0.2) is 24.9 Å². The van der Waals surface area contributed by atoms with Crippen LogP contribution in [0.3, 0.4) is 0 Å². The molecule has 32 heavy (non-hydrogen) atoms. The minimum absolute atomic E-state index is 0.165. The largest absolute Gasteiger partial charge is 0.493 e. The lowest BCUT2D eigenvalue weighted by Gasteiger charge is -2.12. The first kappa shape index (κ1) is 21.8. The molecule has 0 radical (unpaired) electrons. The average Bonchev–Trinajstić information content (AvgIpc) is 3.15. The number of ether oxygens (including phenoxy) is 3. The van der Waals surface area contributed by atoms with Crippen LogP contribution in [0.15, 0.2) is 69.8 Å². The molecule has 4 rings (SSSR count). The van der Waals surface area contributed by atoms with Gasteiger partial charge >= 0.3 is 11.9 Å². The van der Waals surface area contributed by atoms with Gasteiger partial charge in [0.15, 0.2) is 17.2 Å². The van der Waals surface area contributed by atoms with Crippen molar-refractivity contribution in [2.24, 2.45) is 4.99 Å². The summed E-state index contributed by atoms with van der Waals surface area (Å²) in [6, 6.07) is 17.1. The van der Waals surface area contributed by atoms with E-state index in [9.17, 15) is 9.59 Å². The van der Waals surface area contributed by atoms with Crippen molar-refractivity contribution in [2.75, 3.05) is 7.11 Å². The van der Waals surface area contributed by atoms with E-state index in [0.717, 1.165) is 16.3 Å². The summed E-state index contributed by atoms with van der Waals surface area (Å²) in [5.74, 6) is 0.0228. The minimum Gasteiger partial charge on any atom is -0.493 e. The molecule has 3 aromatic carbocycles. The summed E-state index contributed by atoms with van der Waals surface area (Å²) in [7, 11) is 1.48. The molecular weight excluding hydrogens is 474 g/mol. The van der Waals surface area contributed by atoms with Crippen molar-refractivity contribution in [3.05, 3.63) is 75.9 Å². The number of fused-ring (bicyclic) bond motifs is 1. The van der Waals surface area contributed by atoms with Crippen LogP contribution in [0.1, 0.15) is 30.9 Å². The van der Waals surface area contributed by atoms with Gasteiger partial charge in [-0.3, -0.25) is 4.79 Å². The molecule has 0 fully saturated rings. The van der Waals surface area contributed by atoms with Gasteiger partial charge in [0.2, 0.25) is 5.90 Å². The van der Waals surface area contributed by atoms with E-state index in [-0.39, 0.29) is 17.6 Å². The predicted molar refractivity (Wildman–Crippen MR) is 126 cm³/mol. The average molecular weight is 494 g/mol. The van der Waals surface area contributed by atoms with Crippen molar-refractivity contribution in [1.82, 2.24) is 0 Å². The maximum Gasteiger partial charge on any atom is 0.363 e. The molecule has 0 saturated heterocycles. The lowest BCUT2D eigenvalue weighted by molar-refractivity contribution is -0.134. The van der Waals surface area contributed by atoms with Gasteiger partial charge in [-0.1, -0.05) is 37.3 Å². The number of hydrogen-bond acceptors (Lipinski definition) is 6. The van der Waals surface area contributed by atoms with E-state index in [1.807, 2.05) is 49.4 Å². The van der Waals surface area contributed by atoms with Gasteiger partial charge in [0.25, 0.3) is 0 Å². The van der Waals surface area contributed by atoms with Crippen molar-refractivity contribution in [1.29, 1.82) is 0 Å². The molecular formula is C25H20BrNO5. The minimum atomic E-state index is -0.540. The molecule has 0 spiro atoms. The van der Waals surface area contributed by atoms with Gasteiger partial charge in [-0.2, -0.15) is 0 Å². The van der Waals surface area contributed by atoms with E-state index >= 15 is 0 Å². The van der Waals surface area contributed by atoms with Gasteiger partial charge < -0.3 is 14.2 Å². The second-order valence-corrected chi connectivity index (χ2v) is 8.01. The second-order valence-electron chi connectivity index (χ2n) is 7.16. The Kier molecular flexibility index (Phi) is 6.37. The van der Waals surface area contributed by atoms with Crippen LogP contribution < -0.4 is 9.47 Å². The van der Waals surface area contributed by atoms with E-state index in [1.54, 1.807) is 18.2 Å². The number of carbonyl (C=O) groups is 2. The zero-order chi connectivity index (χ0) is 22.7. The Hall–Kier alpha value is -3.45. The number of benzene rings is 3. The van der Waals surface area contributed by atoms with Gasteiger partial charge in [0.05, 0.1) is 11.6 Å². The van der Waals surface area contributed by atoms with Crippen LogP contribution in [0.4, 0.5) is 0 Å². The van der Waals surface area contributed by atoms with Gasteiger partial charge in [0.1, 0.15) is 0 Å². The number of carbonyl (C=O) groups excluding carboxylic acids is 2. The molecule has 0 atom stereocenters. The summed E-state index contributed by atoms with van der Waals surface area (Å²) < 4.78 is 16.7. The lowest BCUT2D eigenvalue weighted by Crippen LogP contribution is -2.08. The normalized spacial score (nSPS) is 14.4. The maximum atomic E-state index is 12.4. The summed E-state index contributed by atoms with van der Waals surface area (Å²) in [6.07, 6.45) is 2.59. The first-order valence-corrected chi connectivity index (χ1v) is 10.9. The summed E-state index contributed by atoms with van der Waals surface area (Å²) in [5, 5.41) is 2.12. The number of halogens is 1. The number of nitrogens with zero attached hydrogens (tertiary/aromatic N) is 1. The summed E-state index contributed by atoms with van der Waals surface area (Å²) in [5.41, 5.74) is 1.52. The van der Waals surface area contributed by atoms with Crippen molar-refractivity contribution in [3.8, 4) is 11.5 Å². The van der Waals surface area contributed by atoms with Crippen LogP contribution in [-0.2, 0) is 14.3 Å². The summed E-state index contributed by atoms with van der Waals surface area (Å²) in [4.78, 5) is 28.7. The van der Waals surface area contributed by atoms with Crippen LogP contribution in [0.5, 0.6) is 11.5 Å². The third-order valence-corrected chi connectivity index (χ3v) is 5.43. The fourth-order valence-electron chi connectivity index (χ4n) is 3.30. The molecule has 6 nitrogen and oxygen atoms in total. The Balaban J connectivity index is 1.65. The van der Waals surface area contributed by atoms with E-state index in [2.05, 4.69) is 20.9 Å². The molecule has 0 aliphatic carbocycles. The maximum absolute atomic E-state index is 12.4. The highest BCUT2D eigenvalue weighted by atomic mass is 79.9. The molecule has 0 unspecified atom stereocenters. The standard InChI is InChI=1S/C25H20BrNO5/c1-3-6-22(28)31-23-19(26)11-15(13-21(23)30-2)12-20-25(29)32-24(27-20)18-10-9-16-7-4-5-8-17(16)14-18/h4-5,7-14H,3,6H2,1-2H3/b20-12-. The lowest BCUT2D eigenvalue weighted by atomic mass is 10.1. The van der Waals surface area contributed by atoms with E-state index < -0.39 is 5.97 Å². The van der Waals surface area contributed by atoms with Gasteiger partial charge in [-0.05, 0) is 69.0 Å². The first-order chi connectivity index (χ1) is 15.5. The Labute approximate surface area is 193 Å². The van der Waals surface area contributed by atoms with Gasteiger partial charge in [0, 0.05) is 12.0 Å². The SMILES string of the molecule is CCCC(=O)Oc1c(Br)cc(/C=C2\N=C(c3ccc4ccccc4c3)OC2=O)cc1OC. The predicted octanol–water partition coefficient (Wildman–Crippen LogP) is 5.66. The Morgan fingerprint density at radius 1 is 1.12 bits per heavy atom. The molecule has 1 heterocycles. The van der Waals surface area contributed by atoms with E-state index in [1.165, 1.54) is 7.11 Å². The molecule has 0 saturated carbocycles. The highest BCUT2D eigenvalue weighted by Crippen LogP contribution is 2.38. The Bertz CT molecular complexity index is 1280. The third kappa shape index (κ3) is 4.57. The quantitative estimate of drug-likeness (QED) is 0.251. The molecule has 0 bridgehead atoms. The molecule has 1 aliphatic rings. The fraction of sp³-hybridized carbons (Fsp3) is 0.160. The first-order valence-electron chi connectivity index (χ1n) is 10.1. The molecule has 0 aromatic heterocycles. The number of methoxy groups -OCH3 is 1. The van der Waals surface area contributed by atoms with Crippen molar-refractivity contribution < 1.29 is 23.8 Å². The van der Waals surface area contributed by atoms with Crippen LogP contribution >= 0.6 is 15.9 Å². The van der Waals surface area contributed by atoms with E-state index in [4.69, 9.17) is 14.2 Å². The zero-order valence-electron chi connectivity index (χ0n) is 17.6. The van der Waals surface area contributed by atoms with Crippen LogP contribution in [0.2, 0.25) is 0 Å². The Morgan fingerprint density at radius 2 is 1.91 bits per heavy atom. The molecule has 7 heteroatoms. The zero-order valence-corrected chi connectivity index (χ0v) is 19.1. The topological polar surface area (TPSA) is 74.2 Å². The molecule has 1 aliphatic heterocycles. The van der Waals surface area contributed by atoms with Gasteiger partial charge in [-0.15, -0.1) is 0 Å². The molecule has 0 N–H and O–H groups in total. The third-order valence-electron chi connectivity index (χ3n) is 4.84. The van der Waals surface area contributed by atoms with Crippen molar-refractivity contribution in [3.63, 3.8) is 0 Å². The highest BCUT2D eigenvalue weighted by Gasteiger charge is 2.25. The van der Waals surface area contributed by atoms with Crippen LogP contribution in [0, 0.1) is 0 Å². The van der Waals surface area contributed by atoms with Crippen LogP contribution in [0.25, 0.3) is 16.8 Å². The Morgan fingerprint density at radius 3 is 2.66 bits per heavy atom. The van der Waals surface area contributed by atoms with Crippen molar-refractivity contribution in [2.45, 2.75) is 19.8 Å². The molecule has 3 aromatic rings. The summed E-state index contributed by atoms with van der Waals surface area (Å²) >= 11 is 3.42. The number of hydrogen-bond donors (Lipinski definition) is 0. The number of rotatable bonds is 6. The van der Waals surface area contributed by atoms with E-state index in [0.29, 0.717) is 34.4 Å². The smallest absolute Gasteiger partial charge is 0.363 e.